The third kappa shape index (κ3) is 5.46. The van der Waals surface area contributed by atoms with Crippen molar-refractivity contribution in [2.75, 3.05) is 0 Å². The number of ether oxygens (including phenoxy) is 1. The molecular weight excluding hydrogens is 583 g/mol. The number of nitro groups is 1. The summed E-state index contributed by atoms with van der Waals surface area (Å²) in [6, 6.07) is 12.7. The number of nitrogens with two attached hydrogens (primary N) is 1. The van der Waals surface area contributed by atoms with Crippen molar-refractivity contribution in [3.05, 3.63) is 111 Å². The summed E-state index contributed by atoms with van der Waals surface area (Å²) in [5, 5.41) is 18.4. The highest BCUT2D eigenvalue weighted by atomic mass is 19.4. The zero-order valence-electron chi connectivity index (χ0n) is 23.3. The third-order valence-corrected chi connectivity index (χ3v) is 7.12. The molecule has 0 radical (unpaired) electrons. The molecule has 226 valence electrons. The second-order valence-electron chi connectivity index (χ2n) is 9.96. The van der Waals surface area contributed by atoms with Crippen molar-refractivity contribution in [3.63, 3.8) is 0 Å². The molecule has 0 aliphatic heterocycles. The molecule has 5 rings (SSSR count). The minimum atomic E-state index is -5.07. The predicted molar refractivity (Wildman–Crippen MR) is 150 cm³/mol. The van der Waals surface area contributed by atoms with Crippen molar-refractivity contribution in [2.24, 2.45) is 5.73 Å². The fraction of sp³-hybridized carbons (Fsp3) is 0.207. The number of esters is 1. The van der Waals surface area contributed by atoms with E-state index >= 15 is 0 Å². The summed E-state index contributed by atoms with van der Waals surface area (Å²) < 4.78 is 51.4. The summed E-state index contributed by atoms with van der Waals surface area (Å²) in [6.45, 7) is 3.02. The summed E-state index contributed by atoms with van der Waals surface area (Å²) in [6.07, 6.45) is -1.42. The molecule has 0 spiro atoms. The summed E-state index contributed by atoms with van der Waals surface area (Å²) in [7, 11) is 0. The van der Waals surface area contributed by atoms with Crippen LogP contribution in [0.15, 0.2) is 73.2 Å². The molecule has 0 aliphatic rings. The van der Waals surface area contributed by atoms with E-state index in [9.17, 15) is 32.9 Å². The fourth-order valence-electron chi connectivity index (χ4n) is 4.81. The number of aromatic nitrogens is 5. The number of carbonyl (C=O) groups excluding carboxylic acids is 2. The maximum atomic E-state index is 14.5. The van der Waals surface area contributed by atoms with E-state index < -0.39 is 40.7 Å². The quantitative estimate of drug-likeness (QED) is 0.139. The maximum absolute atomic E-state index is 14.5. The lowest BCUT2D eigenvalue weighted by atomic mass is 9.95. The van der Waals surface area contributed by atoms with Gasteiger partial charge in [-0.05, 0) is 61.4 Å². The lowest BCUT2D eigenvalue weighted by molar-refractivity contribution is -0.384. The van der Waals surface area contributed by atoms with E-state index in [-0.39, 0.29) is 23.4 Å². The van der Waals surface area contributed by atoms with Gasteiger partial charge in [0.1, 0.15) is 5.69 Å². The Morgan fingerprint density at radius 2 is 1.82 bits per heavy atom. The van der Waals surface area contributed by atoms with Crippen molar-refractivity contribution >= 4 is 23.1 Å². The normalized spacial score (nSPS) is 13.0. The van der Waals surface area contributed by atoms with E-state index in [1.165, 1.54) is 11.6 Å². The molecular formula is C29H24F3N7O5. The van der Waals surface area contributed by atoms with Crippen LogP contribution in [0, 0.1) is 17.0 Å². The molecule has 0 bridgehead atoms. The van der Waals surface area contributed by atoms with Gasteiger partial charge in [-0.3, -0.25) is 19.9 Å². The van der Waals surface area contributed by atoms with Gasteiger partial charge in [0.15, 0.2) is 0 Å². The molecule has 4 heterocycles. The highest BCUT2D eigenvalue weighted by molar-refractivity contribution is 6.01. The van der Waals surface area contributed by atoms with E-state index in [2.05, 4.69) is 15.3 Å². The zero-order valence-corrected chi connectivity index (χ0v) is 23.3. The van der Waals surface area contributed by atoms with Gasteiger partial charge < -0.3 is 14.9 Å². The summed E-state index contributed by atoms with van der Waals surface area (Å²) in [4.78, 5) is 39.5. The average molecular weight is 608 g/mol. The van der Waals surface area contributed by atoms with Gasteiger partial charge in [-0.2, -0.15) is 13.2 Å². The topological polar surface area (TPSA) is 161 Å². The SMILES string of the molecule is CCC(OC(=O)c1ccc([N+](=O)[O-])cc1)(c1cn(Cc2ccn3c(-c4ccc(C)nc4)c(C(N)=O)cc3c2)nn1)C(F)(F)F. The number of carbonyl (C=O) groups is 2. The molecule has 0 saturated carbocycles. The van der Waals surface area contributed by atoms with Gasteiger partial charge in [-0.25, -0.2) is 9.48 Å². The molecule has 1 aromatic carbocycles. The van der Waals surface area contributed by atoms with Gasteiger partial charge in [0.05, 0.1) is 34.5 Å². The van der Waals surface area contributed by atoms with Crippen molar-refractivity contribution < 1.29 is 32.4 Å². The van der Waals surface area contributed by atoms with Crippen LogP contribution in [0.2, 0.25) is 0 Å². The minimum absolute atomic E-state index is 0.00401. The van der Waals surface area contributed by atoms with Crippen LogP contribution in [0.25, 0.3) is 16.8 Å². The Balaban J connectivity index is 1.45. The average Bonchev–Trinajstić information content (AvgIpc) is 3.60. The van der Waals surface area contributed by atoms with Crippen molar-refractivity contribution in [3.8, 4) is 11.3 Å². The van der Waals surface area contributed by atoms with Gasteiger partial charge in [0.25, 0.3) is 17.2 Å². The van der Waals surface area contributed by atoms with E-state index in [1.54, 1.807) is 41.1 Å². The first-order valence-electron chi connectivity index (χ1n) is 13.1. The molecule has 5 aromatic rings. The van der Waals surface area contributed by atoms with Crippen LogP contribution < -0.4 is 5.73 Å². The molecule has 12 nitrogen and oxygen atoms in total. The first-order valence-corrected chi connectivity index (χ1v) is 13.1. The molecule has 1 atom stereocenters. The number of hydrogen-bond donors (Lipinski definition) is 1. The van der Waals surface area contributed by atoms with E-state index in [0.29, 0.717) is 22.3 Å². The van der Waals surface area contributed by atoms with Gasteiger partial charge in [-0.1, -0.05) is 12.1 Å². The molecule has 0 fully saturated rings. The largest absolute Gasteiger partial charge is 0.439 e. The minimum Gasteiger partial charge on any atom is -0.439 e. The monoisotopic (exact) mass is 607 g/mol. The van der Waals surface area contributed by atoms with Crippen LogP contribution in [0.4, 0.5) is 18.9 Å². The van der Waals surface area contributed by atoms with Gasteiger partial charge in [-0.15, -0.1) is 5.10 Å². The number of fused-ring (bicyclic) bond motifs is 1. The van der Waals surface area contributed by atoms with Gasteiger partial charge >= 0.3 is 12.1 Å². The Labute approximate surface area is 247 Å². The molecule has 1 unspecified atom stereocenters. The lowest BCUT2D eigenvalue weighted by Crippen LogP contribution is -2.46. The van der Waals surface area contributed by atoms with Crippen LogP contribution in [0.5, 0.6) is 0 Å². The molecule has 4 aromatic heterocycles. The zero-order chi connectivity index (χ0) is 31.8. The third-order valence-electron chi connectivity index (χ3n) is 7.12. The number of amides is 1. The number of primary amides is 1. The number of benzene rings is 1. The maximum Gasteiger partial charge on any atom is 0.434 e. The molecule has 44 heavy (non-hydrogen) atoms. The van der Waals surface area contributed by atoms with Crippen LogP contribution >= 0.6 is 0 Å². The number of alkyl halides is 3. The van der Waals surface area contributed by atoms with E-state index in [0.717, 1.165) is 36.2 Å². The van der Waals surface area contributed by atoms with Gasteiger partial charge in [0.2, 0.25) is 0 Å². The second kappa shape index (κ2) is 11.2. The van der Waals surface area contributed by atoms with Crippen LogP contribution in [-0.2, 0) is 16.9 Å². The Morgan fingerprint density at radius 3 is 2.41 bits per heavy atom. The fourth-order valence-corrected chi connectivity index (χ4v) is 4.81. The summed E-state index contributed by atoms with van der Waals surface area (Å²) >= 11 is 0. The molecule has 1 amide bonds. The Hall–Kier alpha value is -5.60. The number of nitro benzene ring substituents is 1. The number of hydrogen-bond acceptors (Lipinski definition) is 8. The van der Waals surface area contributed by atoms with Crippen LogP contribution in [0.1, 0.15) is 51.0 Å². The van der Waals surface area contributed by atoms with E-state index in [4.69, 9.17) is 10.5 Å². The lowest BCUT2D eigenvalue weighted by Gasteiger charge is -2.32. The highest BCUT2D eigenvalue weighted by Gasteiger charge is 2.60. The molecule has 0 saturated heterocycles. The smallest absolute Gasteiger partial charge is 0.434 e. The Morgan fingerprint density at radius 1 is 1.09 bits per heavy atom. The number of nitrogens with zero attached hydrogens (tertiary/aromatic N) is 6. The van der Waals surface area contributed by atoms with Crippen LogP contribution in [-0.4, -0.2) is 47.4 Å². The highest BCUT2D eigenvalue weighted by Crippen LogP contribution is 2.44. The predicted octanol–water partition coefficient (Wildman–Crippen LogP) is 4.98. The summed E-state index contributed by atoms with van der Waals surface area (Å²) in [5.41, 5.74) is 4.71. The first-order chi connectivity index (χ1) is 20.8. The number of halogens is 3. The second-order valence-corrected chi connectivity index (χ2v) is 9.96. The summed E-state index contributed by atoms with van der Waals surface area (Å²) in [5.74, 6) is -1.98. The molecule has 15 heteroatoms. The molecule has 0 aliphatic carbocycles. The number of non-ortho nitro benzene ring substituents is 1. The Bertz CT molecular complexity index is 1880. The van der Waals surface area contributed by atoms with Gasteiger partial charge in [0, 0.05) is 41.3 Å². The van der Waals surface area contributed by atoms with Crippen molar-refractivity contribution in [2.45, 2.75) is 38.6 Å². The number of aryl methyl sites for hydroxylation is 1. The Kier molecular flexibility index (Phi) is 7.63. The molecule has 2 N–H and O–H groups in total. The standard InChI is InChI=1S/C29H24F3N7O5/c1-3-28(29(30,31)32,44-27(41)19-6-8-21(9-7-19)39(42)43)24-16-37(36-35-24)15-18-10-11-38-22(12-18)13-23(26(33)40)25(38)20-5-4-17(2)34-14-20/h4-14,16H,3,15H2,1-2H3,(H2,33,40). The van der Waals surface area contributed by atoms with Crippen LogP contribution in [0.3, 0.4) is 0 Å². The van der Waals surface area contributed by atoms with Crippen molar-refractivity contribution in [1.29, 1.82) is 0 Å². The first kappa shape index (κ1) is 29.9. The van der Waals surface area contributed by atoms with E-state index in [1.807, 2.05) is 13.0 Å². The number of rotatable bonds is 9. The van der Waals surface area contributed by atoms with Crippen molar-refractivity contribution in [1.82, 2.24) is 24.4 Å². The number of pyridine rings is 2.